The van der Waals surface area contributed by atoms with Gasteiger partial charge in [-0.25, -0.2) is 0 Å². The molecule has 0 spiro atoms. The molecule has 0 aliphatic carbocycles. The van der Waals surface area contributed by atoms with Gasteiger partial charge in [-0.05, 0) is 13.3 Å². The lowest BCUT2D eigenvalue weighted by Gasteiger charge is -2.20. The Kier molecular flexibility index (Phi) is 2.45. The van der Waals surface area contributed by atoms with Crippen molar-refractivity contribution in [3.8, 4) is 0 Å². The number of nitrogens with zero attached hydrogens (tertiary/aromatic N) is 1. The number of ether oxygens (including phenoxy) is 1. The van der Waals surface area contributed by atoms with Crippen LogP contribution in [-0.2, 0) is 9.53 Å². The molecule has 1 aromatic heterocycles. The van der Waals surface area contributed by atoms with E-state index in [1.807, 2.05) is 6.92 Å². The van der Waals surface area contributed by atoms with Crippen LogP contribution in [0.25, 0.3) is 0 Å². The molecule has 6 heteroatoms. The number of aromatic nitrogens is 2. The summed E-state index contributed by atoms with van der Waals surface area (Å²) in [6.07, 6.45) is 2.19. The van der Waals surface area contributed by atoms with Crippen LogP contribution in [0.3, 0.4) is 0 Å². The number of carbonyl (C=O) groups excluding carboxylic acids is 1. The quantitative estimate of drug-likeness (QED) is 0.628. The van der Waals surface area contributed by atoms with E-state index in [1.165, 1.54) is 0 Å². The molecule has 2 heterocycles. The number of carbonyl (C=O) groups is 1. The van der Waals surface area contributed by atoms with E-state index in [4.69, 9.17) is 10.5 Å². The van der Waals surface area contributed by atoms with Crippen LogP contribution in [0.4, 0.5) is 5.82 Å². The van der Waals surface area contributed by atoms with Crippen molar-refractivity contribution in [2.45, 2.75) is 18.9 Å². The predicted octanol–water partition coefficient (Wildman–Crippen LogP) is -0.226. The number of H-pyrrole nitrogens is 1. The molecule has 4 N–H and O–H groups in total. The molecule has 1 aliphatic rings. The number of anilines is 1. The molecule has 0 aromatic carbocycles. The maximum Gasteiger partial charge on any atom is 0.248 e. The Morgan fingerprint density at radius 2 is 2.60 bits per heavy atom. The Morgan fingerprint density at radius 3 is 3.13 bits per heavy atom. The molecule has 1 fully saturated rings. The van der Waals surface area contributed by atoms with E-state index in [0.717, 1.165) is 5.56 Å². The minimum absolute atomic E-state index is 0.229. The van der Waals surface area contributed by atoms with E-state index in [1.54, 1.807) is 6.20 Å². The lowest BCUT2D eigenvalue weighted by Crippen LogP contribution is -2.51. The third-order valence-electron chi connectivity index (χ3n) is 2.57. The Morgan fingerprint density at radius 1 is 1.80 bits per heavy atom. The average molecular weight is 210 g/mol. The standard InChI is InChI=1S/C9H14N4O2/c1-6-4-11-13-7(6)12-8(14)9(10)2-3-15-5-9/h4H,2-3,5,10H2,1H3,(H2,11,12,13,14). The highest BCUT2D eigenvalue weighted by molar-refractivity contribution is 5.98. The second-order valence-electron chi connectivity index (χ2n) is 3.84. The average Bonchev–Trinajstić information content (AvgIpc) is 2.78. The summed E-state index contributed by atoms with van der Waals surface area (Å²) in [7, 11) is 0. The van der Waals surface area contributed by atoms with Gasteiger partial charge >= 0.3 is 0 Å². The van der Waals surface area contributed by atoms with Crippen molar-refractivity contribution in [3.05, 3.63) is 11.8 Å². The number of hydrogen-bond acceptors (Lipinski definition) is 4. The molecule has 1 unspecified atom stereocenters. The second-order valence-corrected chi connectivity index (χ2v) is 3.84. The molecule has 0 radical (unpaired) electrons. The van der Waals surface area contributed by atoms with Crippen molar-refractivity contribution in [3.63, 3.8) is 0 Å². The van der Waals surface area contributed by atoms with Gasteiger partial charge in [0, 0.05) is 12.2 Å². The van der Waals surface area contributed by atoms with Gasteiger partial charge in [-0.15, -0.1) is 0 Å². The van der Waals surface area contributed by atoms with Crippen molar-refractivity contribution in [1.82, 2.24) is 10.2 Å². The summed E-state index contributed by atoms with van der Waals surface area (Å²) in [6, 6.07) is 0. The smallest absolute Gasteiger partial charge is 0.248 e. The van der Waals surface area contributed by atoms with Gasteiger partial charge in [0.25, 0.3) is 0 Å². The Hall–Kier alpha value is -1.40. The number of aryl methyl sites for hydroxylation is 1. The Bertz CT molecular complexity index is 368. The van der Waals surface area contributed by atoms with E-state index in [-0.39, 0.29) is 12.5 Å². The Labute approximate surface area is 87.2 Å². The zero-order valence-electron chi connectivity index (χ0n) is 8.54. The minimum atomic E-state index is -0.905. The van der Waals surface area contributed by atoms with Gasteiger partial charge in [0.05, 0.1) is 12.8 Å². The van der Waals surface area contributed by atoms with Gasteiger partial charge in [0.15, 0.2) is 0 Å². The first-order valence-corrected chi connectivity index (χ1v) is 4.80. The third-order valence-corrected chi connectivity index (χ3v) is 2.57. The summed E-state index contributed by atoms with van der Waals surface area (Å²) >= 11 is 0. The zero-order valence-corrected chi connectivity index (χ0v) is 8.54. The molecule has 2 rings (SSSR count). The van der Waals surface area contributed by atoms with Crippen molar-refractivity contribution < 1.29 is 9.53 Å². The van der Waals surface area contributed by atoms with E-state index in [0.29, 0.717) is 18.8 Å². The highest BCUT2D eigenvalue weighted by Gasteiger charge is 2.38. The van der Waals surface area contributed by atoms with Crippen LogP contribution in [0.1, 0.15) is 12.0 Å². The van der Waals surface area contributed by atoms with E-state index >= 15 is 0 Å². The van der Waals surface area contributed by atoms with Crippen LogP contribution >= 0.6 is 0 Å². The molecular weight excluding hydrogens is 196 g/mol. The van der Waals surface area contributed by atoms with Gasteiger partial charge in [0.2, 0.25) is 5.91 Å². The molecule has 1 atom stereocenters. The van der Waals surface area contributed by atoms with Crippen LogP contribution in [0.2, 0.25) is 0 Å². The summed E-state index contributed by atoms with van der Waals surface area (Å²) in [6.45, 7) is 2.66. The number of aromatic amines is 1. The molecule has 15 heavy (non-hydrogen) atoms. The maximum absolute atomic E-state index is 11.8. The molecule has 82 valence electrons. The minimum Gasteiger partial charge on any atom is -0.379 e. The molecule has 1 aromatic rings. The highest BCUT2D eigenvalue weighted by Crippen LogP contribution is 2.18. The maximum atomic E-state index is 11.8. The number of hydrogen-bond donors (Lipinski definition) is 3. The largest absolute Gasteiger partial charge is 0.379 e. The van der Waals surface area contributed by atoms with Crippen LogP contribution in [0, 0.1) is 6.92 Å². The topological polar surface area (TPSA) is 93.0 Å². The number of rotatable bonds is 2. The summed E-state index contributed by atoms with van der Waals surface area (Å²) in [5, 5.41) is 9.22. The molecule has 0 bridgehead atoms. The molecule has 6 nitrogen and oxygen atoms in total. The van der Waals surface area contributed by atoms with E-state index < -0.39 is 5.54 Å². The summed E-state index contributed by atoms with van der Waals surface area (Å²) in [5.74, 6) is 0.365. The van der Waals surface area contributed by atoms with Gasteiger partial charge < -0.3 is 15.8 Å². The molecule has 1 saturated heterocycles. The Balaban J connectivity index is 2.07. The first-order valence-electron chi connectivity index (χ1n) is 4.80. The number of nitrogens with two attached hydrogens (primary N) is 1. The lowest BCUT2D eigenvalue weighted by molar-refractivity contribution is -0.121. The second kappa shape index (κ2) is 3.63. The number of amides is 1. The van der Waals surface area contributed by atoms with Crippen molar-refractivity contribution in [1.29, 1.82) is 0 Å². The van der Waals surface area contributed by atoms with Gasteiger partial charge in [-0.3, -0.25) is 9.89 Å². The number of nitrogens with one attached hydrogen (secondary N) is 2. The zero-order chi connectivity index (χ0) is 10.9. The highest BCUT2D eigenvalue weighted by atomic mass is 16.5. The van der Waals surface area contributed by atoms with Gasteiger partial charge in [-0.1, -0.05) is 0 Å². The van der Waals surface area contributed by atoms with Crippen molar-refractivity contribution in [2.24, 2.45) is 5.73 Å². The molecule has 0 saturated carbocycles. The SMILES string of the molecule is Cc1cn[nH]c1NC(=O)C1(N)CCOC1. The lowest BCUT2D eigenvalue weighted by atomic mass is 9.99. The molecule has 1 amide bonds. The summed E-state index contributed by atoms with van der Waals surface area (Å²) < 4.78 is 5.12. The van der Waals surface area contributed by atoms with Crippen LogP contribution in [-0.4, -0.2) is 34.9 Å². The predicted molar refractivity (Wildman–Crippen MR) is 54.3 cm³/mol. The summed E-state index contributed by atoms with van der Waals surface area (Å²) in [4.78, 5) is 11.8. The van der Waals surface area contributed by atoms with E-state index in [9.17, 15) is 4.79 Å². The summed E-state index contributed by atoms with van der Waals surface area (Å²) in [5.41, 5.74) is 5.87. The van der Waals surface area contributed by atoms with Gasteiger partial charge in [0.1, 0.15) is 11.4 Å². The van der Waals surface area contributed by atoms with E-state index in [2.05, 4.69) is 15.5 Å². The van der Waals surface area contributed by atoms with Crippen LogP contribution < -0.4 is 11.1 Å². The van der Waals surface area contributed by atoms with Gasteiger partial charge in [-0.2, -0.15) is 5.10 Å². The normalized spacial score (nSPS) is 25.5. The van der Waals surface area contributed by atoms with Crippen LogP contribution in [0.15, 0.2) is 6.20 Å². The van der Waals surface area contributed by atoms with Crippen LogP contribution in [0.5, 0.6) is 0 Å². The molecule has 1 aliphatic heterocycles. The van der Waals surface area contributed by atoms with Crippen molar-refractivity contribution >= 4 is 11.7 Å². The monoisotopic (exact) mass is 210 g/mol. The first kappa shape index (κ1) is 10.1. The molecular formula is C9H14N4O2. The third kappa shape index (κ3) is 1.86. The fourth-order valence-electron chi connectivity index (χ4n) is 1.47. The fraction of sp³-hybridized carbons (Fsp3) is 0.556. The van der Waals surface area contributed by atoms with Crippen molar-refractivity contribution in [2.75, 3.05) is 18.5 Å². The fourth-order valence-corrected chi connectivity index (χ4v) is 1.47. The first-order chi connectivity index (χ1) is 7.12.